The molecule has 0 amide bonds. The first kappa shape index (κ1) is 13.0. The van der Waals surface area contributed by atoms with Gasteiger partial charge in [0.05, 0.1) is 12.7 Å². The highest BCUT2D eigenvalue weighted by molar-refractivity contribution is 5.42. The van der Waals surface area contributed by atoms with E-state index in [0.717, 1.165) is 5.69 Å². The van der Waals surface area contributed by atoms with Crippen molar-refractivity contribution >= 4 is 5.69 Å². The van der Waals surface area contributed by atoms with Crippen LogP contribution in [0.4, 0.5) is 5.69 Å². The molecule has 0 aromatic heterocycles. The molecule has 0 radical (unpaired) electrons. The summed E-state index contributed by atoms with van der Waals surface area (Å²) in [7, 11) is 0. The normalized spacial score (nSPS) is 13.9. The van der Waals surface area contributed by atoms with Gasteiger partial charge in [-0.1, -0.05) is 17.7 Å². The number of aryl methyl sites for hydroxylation is 1. The van der Waals surface area contributed by atoms with Crippen molar-refractivity contribution in [2.75, 3.05) is 12.0 Å². The fraction of sp³-hybridized carbons (Fsp3) is 0.500. The van der Waals surface area contributed by atoms with Gasteiger partial charge in [-0.05, 0) is 38.8 Å². The Hall–Kier alpha value is -1.10. The van der Waals surface area contributed by atoms with Crippen LogP contribution in [0.15, 0.2) is 24.3 Å². The Labute approximate surface area is 96.6 Å². The molecule has 1 saturated carbocycles. The summed E-state index contributed by atoms with van der Waals surface area (Å²) in [6, 6.07) is 7.90. The summed E-state index contributed by atoms with van der Waals surface area (Å²) in [5.41, 5.74) is 4.74. The zero-order valence-corrected chi connectivity index (χ0v) is 9.90. The van der Waals surface area contributed by atoms with Crippen molar-refractivity contribution in [1.82, 2.24) is 0 Å². The third-order valence-electron chi connectivity index (χ3n) is 2.06. The molecule has 1 aliphatic carbocycles. The Morgan fingerprint density at radius 3 is 2.38 bits per heavy atom. The molecule has 3 N–H and O–H groups in total. The first-order valence-electron chi connectivity index (χ1n) is 5.57. The summed E-state index contributed by atoms with van der Waals surface area (Å²) >= 11 is 0. The standard InChI is InChI=1S/C7H10N2.C5H10O2/c1-6-2-4-7(9-8)5-3-6;1-2-6-7-5-3-4-5/h2-5,9H,8H2,1H3;5H,2-4H2,1H3. The lowest BCUT2D eigenvalue weighted by Crippen LogP contribution is -2.05. The minimum absolute atomic E-state index is 0.431. The molecular weight excluding hydrogens is 204 g/mol. The predicted octanol–water partition coefficient (Wildman–Crippen LogP) is 2.40. The highest BCUT2D eigenvalue weighted by atomic mass is 17.2. The Balaban J connectivity index is 0.000000165. The Bertz CT molecular complexity index is 284. The van der Waals surface area contributed by atoms with Gasteiger partial charge >= 0.3 is 0 Å². The van der Waals surface area contributed by atoms with Crippen LogP contribution in [0, 0.1) is 6.92 Å². The van der Waals surface area contributed by atoms with Gasteiger partial charge in [-0.3, -0.25) is 5.84 Å². The summed E-state index contributed by atoms with van der Waals surface area (Å²) in [4.78, 5) is 9.46. The second kappa shape index (κ2) is 7.22. The second-order valence-electron chi connectivity index (χ2n) is 3.71. The first-order chi connectivity index (χ1) is 7.76. The minimum Gasteiger partial charge on any atom is -0.324 e. The van der Waals surface area contributed by atoms with Crippen molar-refractivity contribution in [3.05, 3.63) is 29.8 Å². The fourth-order valence-electron chi connectivity index (χ4n) is 0.978. The van der Waals surface area contributed by atoms with E-state index >= 15 is 0 Å². The van der Waals surface area contributed by atoms with Gasteiger partial charge in [-0.15, -0.1) is 0 Å². The quantitative estimate of drug-likeness (QED) is 0.468. The largest absolute Gasteiger partial charge is 0.324 e. The van der Waals surface area contributed by atoms with Gasteiger partial charge in [0.1, 0.15) is 0 Å². The second-order valence-corrected chi connectivity index (χ2v) is 3.71. The molecule has 4 nitrogen and oxygen atoms in total. The maximum absolute atomic E-state index is 5.15. The van der Waals surface area contributed by atoms with Gasteiger partial charge in [-0.2, -0.15) is 0 Å². The van der Waals surface area contributed by atoms with Gasteiger partial charge in [-0.25, -0.2) is 9.78 Å². The van der Waals surface area contributed by atoms with E-state index in [-0.39, 0.29) is 0 Å². The van der Waals surface area contributed by atoms with Gasteiger partial charge in [0, 0.05) is 5.69 Å². The number of nitrogens with one attached hydrogen (secondary N) is 1. The number of nitrogens with two attached hydrogens (primary N) is 1. The van der Waals surface area contributed by atoms with Crippen molar-refractivity contribution in [2.24, 2.45) is 5.84 Å². The summed E-state index contributed by atoms with van der Waals surface area (Å²) < 4.78 is 0. The van der Waals surface area contributed by atoms with E-state index in [9.17, 15) is 0 Å². The monoisotopic (exact) mass is 224 g/mol. The topological polar surface area (TPSA) is 56.5 Å². The van der Waals surface area contributed by atoms with Crippen LogP contribution >= 0.6 is 0 Å². The highest BCUT2D eigenvalue weighted by Gasteiger charge is 2.22. The molecule has 90 valence electrons. The zero-order chi connectivity index (χ0) is 11.8. The van der Waals surface area contributed by atoms with E-state index in [4.69, 9.17) is 10.7 Å². The fourth-order valence-corrected chi connectivity index (χ4v) is 0.978. The smallest absolute Gasteiger partial charge is 0.0932 e. The van der Waals surface area contributed by atoms with Crippen LogP contribution in [-0.2, 0) is 9.78 Å². The van der Waals surface area contributed by atoms with E-state index < -0.39 is 0 Å². The lowest BCUT2D eigenvalue weighted by molar-refractivity contribution is -0.299. The summed E-state index contributed by atoms with van der Waals surface area (Å²) in [6.45, 7) is 4.62. The van der Waals surface area contributed by atoms with Crippen LogP contribution < -0.4 is 11.3 Å². The highest BCUT2D eigenvalue weighted by Crippen LogP contribution is 2.23. The van der Waals surface area contributed by atoms with E-state index in [2.05, 4.69) is 10.3 Å². The first-order valence-corrected chi connectivity index (χ1v) is 5.57. The van der Waals surface area contributed by atoms with Gasteiger partial charge < -0.3 is 5.43 Å². The van der Waals surface area contributed by atoms with E-state index in [0.29, 0.717) is 12.7 Å². The van der Waals surface area contributed by atoms with Crippen molar-refractivity contribution in [3.63, 3.8) is 0 Å². The lowest BCUT2D eigenvalue weighted by Gasteiger charge is -1.97. The van der Waals surface area contributed by atoms with Gasteiger partial charge in [0.25, 0.3) is 0 Å². The number of hydrogen-bond acceptors (Lipinski definition) is 4. The van der Waals surface area contributed by atoms with E-state index in [1.54, 1.807) is 0 Å². The molecule has 0 saturated heterocycles. The molecule has 1 aromatic carbocycles. The lowest BCUT2D eigenvalue weighted by atomic mass is 10.2. The number of anilines is 1. The Kier molecular flexibility index (Phi) is 5.85. The molecule has 4 heteroatoms. The minimum atomic E-state index is 0.431. The Morgan fingerprint density at radius 1 is 1.31 bits per heavy atom. The third kappa shape index (κ3) is 5.70. The number of hydrazine groups is 1. The van der Waals surface area contributed by atoms with Crippen molar-refractivity contribution in [2.45, 2.75) is 32.8 Å². The molecule has 0 atom stereocenters. The summed E-state index contributed by atoms with van der Waals surface area (Å²) in [6.07, 6.45) is 2.79. The average molecular weight is 224 g/mol. The molecule has 2 rings (SSSR count). The van der Waals surface area contributed by atoms with Crippen molar-refractivity contribution in [3.8, 4) is 0 Å². The zero-order valence-electron chi connectivity index (χ0n) is 9.90. The van der Waals surface area contributed by atoms with Crippen LogP contribution in [0.1, 0.15) is 25.3 Å². The van der Waals surface area contributed by atoms with Gasteiger partial charge in [0.15, 0.2) is 0 Å². The number of rotatable bonds is 4. The third-order valence-corrected chi connectivity index (χ3v) is 2.06. The Morgan fingerprint density at radius 2 is 1.94 bits per heavy atom. The SMILES string of the molecule is CCOOC1CC1.Cc1ccc(NN)cc1. The molecule has 0 aliphatic heterocycles. The molecule has 1 aliphatic rings. The maximum Gasteiger partial charge on any atom is 0.0932 e. The molecule has 0 heterocycles. The van der Waals surface area contributed by atoms with Crippen LogP contribution in [0.25, 0.3) is 0 Å². The van der Waals surface area contributed by atoms with Crippen LogP contribution in [0.3, 0.4) is 0 Å². The maximum atomic E-state index is 5.15. The summed E-state index contributed by atoms with van der Waals surface area (Å²) in [5, 5.41) is 0. The van der Waals surface area contributed by atoms with Crippen molar-refractivity contribution in [1.29, 1.82) is 0 Å². The molecule has 0 unspecified atom stereocenters. The molecular formula is C12H20N2O2. The molecule has 1 aromatic rings. The van der Waals surface area contributed by atoms with Crippen LogP contribution in [0.2, 0.25) is 0 Å². The number of hydrogen-bond donors (Lipinski definition) is 2. The molecule has 0 spiro atoms. The molecule has 16 heavy (non-hydrogen) atoms. The van der Waals surface area contributed by atoms with Crippen LogP contribution in [-0.4, -0.2) is 12.7 Å². The van der Waals surface area contributed by atoms with Crippen LogP contribution in [0.5, 0.6) is 0 Å². The predicted molar refractivity (Wildman–Crippen MR) is 64.7 cm³/mol. The van der Waals surface area contributed by atoms with Gasteiger partial charge in [0.2, 0.25) is 0 Å². The number of benzene rings is 1. The molecule has 0 bridgehead atoms. The van der Waals surface area contributed by atoms with E-state index in [1.807, 2.05) is 38.1 Å². The summed E-state index contributed by atoms with van der Waals surface area (Å²) in [5.74, 6) is 5.15. The van der Waals surface area contributed by atoms with Crippen molar-refractivity contribution < 1.29 is 9.78 Å². The average Bonchev–Trinajstić information content (AvgIpc) is 3.12. The van der Waals surface area contributed by atoms with E-state index in [1.165, 1.54) is 18.4 Å². The molecule has 1 fully saturated rings. The number of nitrogen functional groups attached to an aromatic ring is 1.